The lowest BCUT2D eigenvalue weighted by molar-refractivity contribution is -0.141. The van der Waals surface area contributed by atoms with Gasteiger partial charge in [-0.1, -0.05) is 13.8 Å². The number of nitrogens with one attached hydrogen (secondary N) is 2. The Kier molecular flexibility index (Phi) is 7.45. The maximum absolute atomic E-state index is 12.3. The molecule has 1 aromatic rings. The third-order valence-electron chi connectivity index (χ3n) is 4.41. The first kappa shape index (κ1) is 20.5. The molecule has 2 N–H and O–H groups in total. The fourth-order valence-electron chi connectivity index (χ4n) is 2.83. The van der Waals surface area contributed by atoms with Gasteiger partial charge in [0.1, 0.15) is 5.75 Å². The summed E-state index contributed by atoms with van der Waals surface area (Å²) in [4.78, 5) is 39.7. The summed E-state index contributed by atoms with van der Waals surface area (Å²) in [5, 5.41) is 5.38. The van der Waals surface area contributed by atoms with Crippen molar-refractivity contribution in [1.82, 2.24) is 15.1 Å². The van der Waals surface area contributed by atoms with Crippen molar-refractivity contribution in [3.05, 3.63) is 24.3 Å². The number of benzene rings is 1. The van der Waals surface area contributed by atoms with Gasteiger partial charge in [0.2, 0.25) is 11.8 Å². The Balaban J connectivity index is 1.67. The normalized spacial score (nSPS) is 14.1. The summed E-state index contributed by atoms with van der Waals surface area (Å²) in [5.41, 5.74) is 0.644. The van der Waals surface area contributed by atoms with Crippen LogP contribution in [-0.4, -0.2) is 67.5 Å². The van der Waals surface area contributed by atoms with Crippen LogP contribution in [0.25, 0.3) is 0 Å². The van der Waals surface area contributed by atoms with E-state index in [-0.39, 0.29) is 36.7 Å². The van der Waals surface area contributed by atoms with E-state index in [2.05, 4.69) is 10.6 Å². The standard InChI is InChI=1S/C19H28N4O4/c1-14(2)18(25)23-12-10-22(11-13-23)17(24)8-9-20-19(26)21-15-4-6-16(27-3)7-5-15/h4-7,14H,8-13H2,1-3H3,(H2,20,21,26). The number of hydrogen-bond donors (Lipinski definition) is 2. The lowest BCUT2D eigenvalue weighted by Gasteiger charge is -2.35. The molecular weight excluding hydrogens is 348 g/mol. The highest BCUT2D eigenvalue weighted by Crippen LogP contribution is 2.14. The van der Waals surface area contributed by atoms with Crippen molar-refractivity contribution in [1.29, 1.82) is 0 Å². The number of piperazine rings is 1. The van der Waals surface area contributed by atoms with Gasteiger partial charge in [-0.15, -0.1) is 0 Å². The van der Waals surface area contributed by atoms with Crippen LogP contribution >= 0.6 is 0 Å². The number of nitrogens with zero attached hydrogens (tertiary/aromatic N) is 2. The molecule has 4 amide bonds. The molecule has 0 aliphatic carbocycles. The molecule has 0 radical (unpaired) electrons. The molecule has 1 aliphatic heterocycles. The average molecular weight is 376 g/mol. The first-order valence-corrected chi connectivity index (χ1v) is 9.16. The van der Waals surface area contributed by atoms with Crippen LogP contribution in [-0.2, 0) is 9.59 Å². The molecule has 1 saturated heterocycles. The number of carbonyl (C=O) groups is 3. The first-order valence-electron chi connectivity index (χ1n) is 9.16. The summed E-state index contributed by atoms with van der Waals surface area (Å²) in [6.07, 6.45) is 0.230. The van der Waals surface area contributed by atoms with Crippen molar-refractivity contribution in [3.8, 4) is 5.75 Å². The summed E-state index contributed by atoms with van der Waals surface area (Å²) >= 11 is 0. The Morgan fingerprint density at radius 2 is 1.63 bits per heavy atom. The maximum atomic E-state index is 12.3. The molecule has 0 bridgehead atoms. The van der Waals surface area contributed by atoms with Gasteiger partial charge in [0.05, 0.1) is 7.11 Å². The Labute approximate surface area is 159 Å². The van der Waals surface area contributed by atoms with Gasteiger partial charge in [-0.05, 0) is 24.3 Å². The predicted octanol–water partition coefficient (Wildman–Crippen LogP) is 1.53. The smallest absolute Gasteiger partial charge is 0.319 e. The zero-order chi connectivity index (χ0) is 19.8. The summed E-state index contributed by atoms with van der Waals surface area (Å²) in [6, 6.07) is 6.62. The molecular formula is C19H28N4O4. The van der Waals surface area contributed by atoms with E-state index in [1.54, 1.807) is 41.2 Å². The van der Waals surface area contributed by atoms with Crippen LogP contribution in [0.4, 0.5) is 10.5 Å². The van der Waals surface area contributed by atoms with Gasteiger partial charge in [-0.2, -0.15) is 0 Å². The fraction of sp³-hybridized carbons (Fsp3) is 0.526. The molecule has 148 valence electrons. The van der Waals surface area contributed by atoms with Crippen molar-refractivity contribution in [2.24, 2.45) is 5.92 Å². The van der Waals surface area contributed by atoms with E-state index in [0.29, 0.717) is 37.6 Å². The van der Waals surface area contributed by atoms with Gasteiger partial charge < -0.3 is 25.2 Å². The second kappa shape index (κ2) is 9.80. The van der Waals surface area contributed by atoms with Gasteiger partial charge in [-0.3, -0.25) is 9.59 Å². The minimum absolute atomic E-state index is 0.0172. The van der Waals surface area contributed by atoms with Crippen molar-refractivity contribution in [2.45, 2.75) is 20.3 Å². The second-order valence-electron chi connectivity index (χ2n) is 6.72. The number of rotatable bonds is 6. The van der Waals surface area contributed by atoms with Gasteiger partial charge >= 0.3 is 6.03 Å². The Bertz CT molecular complexity index is 652. The van der Waals surface area contributed by atoms with Gasteiger partial charge in [0.25, 0.3) is 0 Å². The highest BCUT2D eigenvalue weighted by molar-refractivity contribution is 5.89. The average Bonchev–Trinajstić information content (AvgIpc) is 2.68. The van der Waals surface area contributed by atoms with E-state index in [1.807, 2.05) is 13.8 Å². The minimum Gasteiger partial charge on any atom is -0.497 e. The van der Waals surface area contributed by atoms with E-state index >= 15 is 0 Å². The van der Waals surface area contributed by atoms with Crippen molar-refractivity contribution >= 4 is 23.5 Å². The molecule has 27 heavy (non-hydrogen) atoms. The Morgan fingerprint density at radius 3 is 2.19 bits per heavy atom. The monoisotopic (exact) mass is 376 g/mol. The highest BCUT2D eigenvalue weighted by Gasteiger charge is 2.25. The van der Waals surface area contributed by atoms with Crippen LogP contribution in [0.15, 0.2) is 24.3 Å². The molecule has 0 unspecified atom stereocenters. The van der Waals surface area contributed by atoms with E-state index in [4.69, 9.17) is 4.74 Å². The molecule has 1 aromatic carbocycles. The molecule has 8 nitrogen and oxygen atoms in total. The SMILES string of the molecule is COc1ccc(NC(=O)NCCC(=O)N2CCN(C(=O)C(C)C)CC2)cc1. The lowest BCUT2D eigenvalue weighted by Crippen LogP contribution is -2.51. The topological polar surface area (TPSA) is 91.0 Å². The Hall–Kier alpha value is -2.77. The van der Waals surface area contributed by atoms with Crippen LogP contribution < -0.4 is 15.4 Å². The third-order valence-corrected chi connectivity index (χ3v) is 4.41. The van der Waals surface area contributed by atoms with Crippen molar-refractivity contribution in [3.63, 3.8) is 0 Å². The largest absolute Gasteiger partial charge is 0.497 e. The number of hydrogen-bond acceptors (Lipinski definition) is 4. The molecule has 0 atom stereocenters. The van der Waals surface area contributed by atoms with Crippen LogP contribution in [0.3, 0.4) is 0 Å². The molecule has 0 spiro atoms. The Morgan fingerprint density at radius 1 is 1.04 bits per heavy atom. The summed E-state index contributed by atoms with van der Waals surface area (Å²) in [5.74, 6) is 0.790. The van der Waals surface area contributed by atoms with Gasteiger partial charge in [-0.25, -0.2) is 4.79 Å². The molecule has 8 heteroatoms. The van der Waals surface area contributed by atoms with Gasteiger partial charge in [0.15, 0.2) is 0 Å². The van der Waals surface area contributed by atoms with Crippen molar-refractivity contribution < 1.29 is 19.1 Å². The zero-order valence-electron chi connectivity index (χ0n) is 16.2. The number of carbonyl (C=O) groups excluding carboxylic acids is 3. The van der Waals surface area contributed by atoms with Crippen LogP contribution in [0.2, 0.25) is 0 Å². The van der Waals surface area contributed by atoms with Crippen molar-refractivity contribution in [2.75, 3.05) is 45.2 Å². The first-order chi connectivity index (χ1) is 12.9. The van der Waals surface area contributed by atoms with Gasteiger partial charge in [0, 0.05) is 50.7 Å². The third kappa shape index (κ3) is 6.16. The lowest BCUT2D eigenvalue weighted by atomic mass is 10.1. The predicted molar refractivity (Wildman–Crippen MR) is 103 cm³/mol. The summed E-state index contributed by atoms with van der Waals surface area (Å²) < 4.78 is 5.06. The number of anilines is 1. The number of amides is 4. The van der Waals surface area contributed by atoms with Crippen LogP contribution in [0, 0.1) is 5.92 Å². The number of ether oxygens (including phenoxy) is 1. The number of urea groups is 1. The molecule has 0 aromatic heterocycles. The quantitative estimate of drug-likeness (QED) is 0.788. The zero-order valence-corrected chi connectivity index (χ0v) is 16.2. The second-order valence-corrected chi connectivity index (χ2v) is 6.72. The molecule has 0 saturated carbocycles. The summed E-state index contributed by atoms with van der Waals surface area (Å²) in [7, 11) is 1.58. The molecule has 1 aliphatic rings. The van der Waals surface area contributed by atoms with E-state index in [1.165, 1.54) is 0 Å². The summed E-state index contributed by atoms with van der Waals surface area (Å²) in [6.45, 7) is 6.21. The molecule has 1 fully saturated rings. The van der Waals surface area contributed by atoms with E-state index < -0.39 is 0 Å². The van der Waals surface area contributed by atoms with Crippen LogP contribution in [0.1, 0.15) is 20.3 Å². The molecule has 2 rings (SSSR count). The number of methoxy groups -OCH3 is 1. The maximum Gasteiger partial charge on any atom is 0.319 e. The fourth-order valence-corrected chi connectivity index (χ4v) is 2.83. The molecule has 1 heterocycles. The van der Waals surface area contributed by atoms with E-state index in [0.717, 1.165) is 0 Å². The minimum atomic E-state index is -0.361. The highest BCUT2D eigenvalue weighted by atomic mass is 16.5. The van der Waals surface area contributed by atoms with E-state index in [9.17, 15) is 14.4 Å². The van der Waals surface area contributed by atoms with Crippen LogP contribution in [0.5, 0.6) is 5.75 Å².